The van der Waals surface area contributed by atoms with Crippen molar-refractivity contribution < 1.29 is 18.7 Å². The molecule has 3 heterocycles. The minimum atomic E-state index is -1.50. The van der Waals surface area contributed by atoms with Gasteiger partial charge in [0, 0.05) is 30.3 Å². The summed E-state index contributed by atoms with van der Waals surface area (Å²) in [6.07, 6.45) is 1.82. The van der Waals surface area contributed by atoms with E-state index in [4.69, 9.17) is 10.5 Å². The molecule has 4 aromatic rings. The topological polar surface area (TPSA) is 124 Å². The highest BCUT2D eigenvalue weighted by Crippen LogP contribution is 2.41. The number of nitrogens with one attached hydrogen (secondary N) is 2. The number of nitrogen functional groups attached to an aromatic ring is 1. The molecule has 5 rings (SSSR count). The van der Waals surface area contributed by atoms with Crippen molar-refractivity contribution >= 4 is 34.4 Å². The molecule has 37 heavy (non-hydrogen) atoms. The van der Waals surface area contributed by atoms with Crippen molar-refractivity contribution in [3.63, 3.8) is 0 Å². The van der Waals surface area contributed by atoms with Gasteiger partial charge in [-0.3, -0.25) is 9.59 Å². The van der Waals surface area contributed by atoms with Gasteiger partial charge in [-0.25, -0.2) is 14.4 Å². The van der Waals surface area contributed by atoms with E-state index >= 15 is 0 Å². The quantitative estimate of drug-likeness (QED) is 0.354. The number of hydrogen-bond acceptors (Lipinski definition) is 6. The predicted octanol–water partition coefficient (Wildman–Crippen LogP) is 3.70. The van der Waals surface area contributed by atoms with Crippen LogP contribution in [-0.4, -0.2) is 51.8 Å². The van der Waals surface area contributed by atoms with Crippen molar-refractivity contribution in [1.82, 2.24) is 19.9 Å². The summed E-state index contributed by atoms with van der Waals surface area (Å²) < 4.78 is 21.0. The Morgan fingerprint density at radius 1 is 1.08 bits per heavy atom. The standard InChI is InChI=1S/C27H27FN6O3/c1-3-20(35)33-19-10-8-17(9-11-19)23-21(22-24(29)31-15-32-25(22)34(23)2)16-4-6-18(7-5-16)26(36)30-12-27(28)13-37-14-27/h4-11,15H,3,12-14H2,1-2H3,(H,30,36)(H,33,35)(H2,29,31,32). The third-order valence-corrected chi connectivity index (χ3v) is 6.48. The summed E-state index contributed by atoms with van der Waals surface area (Å²) >= 11 is 0. The molecule has 1 fully saturated rings. The predicted molar refractivity (Wildman–Crippen MR) is 140 cm³/mol. The van der Waals surface area contributed by atoms with E-state index in [9.17, 15) is 14.0 Å². The Bertz CT molecular complexity index is 1480. The maximum atomic E-state index is 14.2. The molecule has 9 nitrogen and oxygen atoms in total. The number of nitrogens with zero attached hydrogens (tertiary/aromatic N) is 3. The first-order valence-electron chi connectivity index (χ1n) is 11.9. The lowest BCUT2D eigenvalue weighted by Gasteiger charge is -2.33. The van der Waals surface area contributed by atoms with Gasteiger partial charge in [0.2, 0.25) is 5.91 Å². The highest BCUT2D eigenvalue weighted by atomic mass is 19.1. The van der Waals surface area contributed by atoms with Gasteiger partial charge in [0.05, 0.1) is 30.8 Å². The number of alkyl halides is 1. The number of benzene rings is 2. The van der Waals surface area contributed by atoms with Crippen LogP contribution in [0.15, 0.2) is 54.9 Å². The number of carbonyl (C=O) groups is 2. The number of fused-ring (bicyclic) bond motifs is 1. The molecular formula is C27H27FN6O3. The summed E-state index contributed by atoms with van der Waals surface area (Å²) in [6.45, 7) is 1.69. The normalized spacial score (nSPS) is 14.2. The summed E-state index contributed by atoms with van der Waals surface area (Å²) in [5.74, 6) is -0.0828. The van der Waals surface area contributed by atoms with Crippen LogP contribution < -0.4 is 16.4 Å². The maximum Gasteiger partial charge on any atom is 0.251 e. The second-order valence-electron chi connectivity index (χ2n) is 9.12. The van der Waals surface area contributed by atoms with E-state index in [1.54, 1.807) is 19.1 Å². The average Bonchev–Trinajstić information content (AvgIpc) is 3.20. The molecule has 1 saturated heterocycles. The first-order valence-corrected chi connectivity index (χ1v) is 11.9. The Kier molecular flexibility index (Phi) is 6.34. The number of aryl methyl sites for hydroxylation is 1. The van der Waals surface area contributed by atoms with Gasteiger partial charge in [-0.15, -0.1) is 0 Å². The van der Waals surface area contributed by atoms with E-state index in [0.717, 1.165) is 22.4 Å². The second kappa shape index (κ2) is 9.62. The fraction of sp³-hybridized carbons (Fsp3) is 0.259. The molecule has 1 aliphatic rings. The fourth-order valence-electron chi connectivity index (χ4n) is 4.41. The summed E-state index contributed by atoms with van der Waals surface area (Å²) in [5.41, 5.74) is 9.97. The highest BCUT2D eigenvalue weighted by Gasteiger charge is 2.39. The number of anilines is 2. The molecule has 10 heteroatoms. The molecule has 0 atom stereocenters. The van der Waals surface area contributed by atoms with Gasteiger partial charge >= 0.3 is 0 Å². The Morgan fingerprint density at radius 2 is 1.76 bits per heavy atom. The SMILES string of the molecule is CCC(=O)Nc1ccc(-c2c(-c3ccc(C(=O)NCC4(F)COC4)cc3)c3c(N)ncnc3n2C)cc1. The zero-order valence-electron chi connectivity index (χ0n) is 20.5. The van der Waals surface area contributed by atoms with Crippen molar-refractivity contribution in [2.75, 3.05) is 30.8 Å². The van der Waals surface area contributed by atoms with E-state index in [1.165, 1.54) is 6.33 Å². The number of rotatable bonds is 7. The molecule has 0 spiro atoms. The zero-order chi connectivity index (χ0) is 26.2. The smallest absolute Gasteiger partial charge is 0.251 e. The van der Waals surface area contributed by atoms with E-state index in [0.29, 0.717) is 34.5 Å². The van der Waals surface area contributed by atoms with Gasteiger partial charge in [-0.1, -0.05) is 31.2 Å². The summed E-state index contributed by atoms with van der Waals surface area (Å²) in [5, 5.41) is 6.19. The molecule has 1 aliphatic heterocycles. The maximum absolute atomic E-state index is 14.2. The Morgan fingerprint density at radius 3 is 2.38 bits per heavy atom. The molecule has 0 bridgehead atoms. The van der Waals surface area contributed by atoms with Gasteiger partial charge in [0.25, 0.3) is 5.91 Å². The molecular weight excluding hydrogens is 475 g/mol. The number of hydrogen-bond donors (Lipinski definition) is 3. The largest absolute Gasteiger partial charge is 0.383 e. The lowest BCUT2D eigenvalue weighted by Crippen LogP contribution is -2.53. The molecule has 0 saturated carbocycles. The monoisotopic (exact) mass is 502 g/mol. The number of halogens is 1. The van der Waals surface area contributed by atoms with E-state index in [2.05, 4.69) is 20.6 Å². The third-order valence-electron chi connectivity index (χ3n) is 6.48. The van der Waals surface area contributed by atoms with E-state index in [1.807, 2.05) is 48.0 Å². The zero-order valence-corrected chi connectivity index (χ0v) is 20.5. The summed E-state index contributed by atoms with van der Waals surface area (Å²) in [6, 6.07) is 14.6. The van der Waals surface area contributed by atoms with Crippen molar-refractivity contribution in [1.29, 1.82) is 0 Å². The number of aromatic nitrogens is 3. The van der Waals surface area contributed by atoms with Crippen LogP contribution in [0.5, 0.6) is 0 Å². The van der Waals surface area contributed by atoms with Crippen LogP contribution in [-0.2, 0) is 16.6 Å². The van der Waals surface area contributed by atoms with Crippen molar-refractivity contribution in [2.45, 2.75) is 19.0 Å². The van der Waals surface area contributed by atoms with Crippen LogP contribution in [0, 0.1) is 0 Å². The average molecular weight is 503 g/mol. The van der Waals surface area contributed by atoms with Gasteiger partial charge in [0.15, 0.2) is 5.67 Å². The molecule has 190 valence electrons. The van der Waals surface area contributed by atoms with Gasteiger partial charge in [-0.2, -0.15) is 0 Å². The second-order valence-corrected chi connectivity index (χ2v) is 9.12. The highest BCUT2D eigenvalue weighted by molar-refractivity contribution is 6.08. The number of amides is 2. The Labute approximate surface area is 212 Å². The molecule has 2 aromatic carbocycles. The van der Waals surface area contributed by atoms with Crippen LogP contribution in [0.4, 0.5) is 15.9 Å². The van der Waals surface area contributed by atoms with Gasteiger partial charge in [0.1, 0.15) is 17.8 Å². The summed E-state index contributed by atoms with van der Waals surface area (Å²) in [4.78, 5) is 33.0. The van der Waals surface area contributed by atoms with Crippen LogP contribution in [0.2, 0.25) is 0 Å². The van der Waals surface area contributed by atoms with Crippen LogP contribution in [0.25, 0.3) is 33.4 Å². The molecule has 0 aliphatic carbocycles. The number of carbonyl (C=O) groups excluding carboxylic acids is 2. The first-order chi connectivity index (χ1) is 17.8. The minimum absolute atomic E-state index is 0.00841. The third kappa shape index (κ3) is 4.63. The van der Waals surface area contributed by atoms with Crippen LogP contribution in [0.1, 0.15) is 23.7 Å². The summed E-state index contributed by atoms with van der Waals surface area (Å²) in [7, 11) is 1.90. The lowest BCUT2D eigenvalue weighted by atomic mass is 9.97. The Balaban J connectivity index is 1.52. The van der Waals surface area contributed by atoms with E-state index < -0.39 is 5.67 Å². The Hall–Kier alpha value is -4.31. The number of nitrogens with two attached hydrogens (primary N) is 1. The van der Waals surface area contributed by atoms with Gasteiger partial charge < -0.3 is 25.7 Å². The molecule has 2 aromatic heterocycles. The lowest BCUT2D eigenvalue weighted by molar-refractivity contribution is -0.126. The van der Waals surface area contributed by atoms with Gasteiger partial charge in [-0.05, 0) is 35.4 Å². The first kappa shape index (κ1) is 24.4. The molecule has 0 radical (unpaired) electrons. The van der Waals surface area contributed by atoms with Crippen molar-refractivity contribution in [3.05, 3.63) is 60.4 Å². The molecule has 0 unspecified atom stereocenters. The molecule has 2 amide bonds. The number of ether oxygens (including phenoxy) is 1. The minimum Gasteiger partial charge on any atom is -0.383 e. The van der Waals surface area contributed by atoms with E-state index in [-0.39, 0.29) is 31.6 Å². The van der Waals surface area contributed by atoms with Crippen LogP contribution >= 0.6 is 0 Å². The van der Waals surface area contributed by atoms with Crippen LogP contribution in [0.3, 0.4) is 0 Å². The van der Waals surface area contributed by atoms with Crippen molar-refractivity contribution in [3.8, 4) is 22.4 Å². The molecule has 4 N–H and O–H groups in total. The fourth-order valence-corrected chi connectivity index (χ4v) is 4.41. The van der Waals surface area contributed by atoms with Crippen molar-refractivity contribution in [2.24, 2.45) is 7.05 Å².